The van der Waals surface area contributed by atoms with Crippen LogP contribution in [0.2, 0.25) is 10.3 Å². The predicted octanol–water partition coefficient (Wildman–Crippen LogP) is 2.42. The molecular weight excluding hydrogens is 309 g/mol. The number of alkyl halides is 2. The molecule has 1 fully saturated rings. The van der Waals surface area contributed by atoms with Gasteiger partial charge in [0.25, 0.3) is 5.92 Å². The fourth-order valence-electron chi connectivity index (χ4n) is 1.65. The van der Waals surface area contributed by atoms with Crippen molar-refractivity contribution in [1.29, 1.82) is 0 Å². The van der Waals surface area contributed by atoms with Crippen LogP contribution in [0, 0.1) is 0 Å². The molecule has 0 amide bonds. The van der Waals surface area contributed by atoms with Crippen molar-refractivity contribution in [2.75, 3.05) is 13.1 Å². The van der Waals surface area contributed by atoms with E-state index in [4.69, 9.17) is 23.2 Å². The van der Waals surface area contributed by atoms with Gasteiger partial charge in [0.15, 0.2) is 0 Å². The van der Waals surface area contributed by atoms with Gasteiger partial charge in [-0.05, 0) is 12.1 Å². The number of sulfonamides is 1. The number of halogens is 4. The topological polar surface area (TPSA) is 50.3 Å². The van der Waals surface area contributed by atoms with E-state index in [1.54, 1.807) is 0 Å². The monoisotopic (exact) mass is 316 g/mol. The molecule has 0 bridgehead atoms. The van der Waals surface area contributed by atoms with Crippen molar-refractivity contribution in [2.45, 2.75) is 17.2 Å². The van der Waals surface area contributed by atoms with E-state index in [1.165, 1.54) is 0 Å². The molecule has 4 nitrogen and oxygen atoms in total. The summed E-state index contributed by atoms with van der Waals surface area (Å²) in [5.74, 6) is -2.99. The van der Waals surface area contributed by atoms with Crippen LogP contribution in [0.15, 0.2) is 17.0 Å². The van der Waals surface area contributed by atoms with E-state index >= 15 is 0 Å². The van der Waals surface area contributed by atoms with Crippen molar-refractivity contribution in [3.8, 4) is 0 Å². The molecule has 1 saturated heterocycles. The Bertz CT molecular complexity index is 560. The maximum atomic E-state index is 13.0. The first-order valence-electron chi connectivity index (χ1n) is 4.92. The Balaban J connectivity index is 2.37. The minimum Gasteiger partial charge on any atom is -0.224 e. The second kappa shape index (κ2) is 4.56. The van der Waals surface area contributed by atoms with E-state index in [0.717, 1.165) is 16.4 Å². The quantitative estimate of drug-likeness (QED) is 0.787. The first kappa shape index (κ1) is 13.9. The van der Waals surface area contributed by atoms with Crippen molar-refractivity contribution in [3.63, 3.8) is 0 Å². The lowest BCUT2D eigenvalue weighted by Crippen LogP contribution is -2.31. The summed E-state index contributed by atoms with van der Waals surface area (Å²) < 4.78 is 50.9. The van der Waals surface area contributed by atoms with Gasteiger partial charge in [-0.2, -0.15) is 4.31 Å². The maximum Gasteiger partial charge on any atom is 0.262 e. The van der Waals surface area contributed by atoms with Crippen LogP contribution in [0.1, 0.15) is 6.42 Å². The summed E-state index contributed by atoms with van der Waals surface area (Å²) in [4.78, 5) is 3.37. The molecular formula is C9H8Cl2F2N2O2S. The first-order chi connectivity index (χ1) is 8.21. The van der Waals surface area contributed by atoms with Crippen LogP contribution < -0.4 is 0 Å². The Kier molecular flexibility index (Phi) is 3.52. The van der Waals surface area contributed by atoms with Crippen molar-refractivity contribution in [2.24, 2.45) is 0 Å². The van der Waals surface area contributed by atoms with Gasteiger partial charge in [-0.15, -0.1) is 0 Å². The van der Waals surface area contributed by atoms with Gasteiger partial charge < -0.3 is 0 Å². The zero-order valence-electron chi connectivity index (χ0n) is 8.91. The SMILES string of the molecule is O=S(=O)(c1cc(Cl)nc(Cl)c1)N1CCC(F)(F)C1. The number of aromatic nitrogens is 1. The van der Waals surface area contributed by atoms with Crippen LogP contribution in [0.5, 0.6) is 0 Å². The zero-order chi connectivity index (χ0) is 13.6. The second-order valence-corrected chi connectivity index (χ2v) is 6.61. The zero-order valence-corrected chi connectivity index (χ0v) is 11.2. The number of rotatable bonds is 2. The number of pyridine rings is 1. The van der Waals surface area contributed by atoms with E-state index in [-0.39, 0.29) is 21.7 Å². The summed E-state index contributed by atoms with van der Waals surface area (Å²) in [6, 6.07) is 2.17. The van der Waals surface area contributed by atoms with Crippen molar-refractivity contribution in [1.82, 2.24) is 9.29 Å². The Hall–Kier alpha value is -0.500. The van der Waals surface area contributed by atoms with E-state index < -0.39 is 28.9 Å². The number of hydrogen-bond acceptors (Lipinski definition) is 3. The van der Waals surface area contributed by atoms with Crippen LogP contribution in [0.25, 0.3) is 0 Å². The minimum atomic E-state index is -4.01. The standard InChI is InChI=1S/C9H8Cl2F2N2O2S/c10-7-3-6(4-8(11)14-7)18(16,17)15-2-1-9(12,13)5-15/h3-4H,1-2,5H2. The molecule has 0 N–H and O–H groups in total. The minimum absolute atomic E-state index is 0.105. The van der Waals surface area contributed by atoms with Crippen molar-refractivity contribution in [3.05, 3.63) is 22.4 Å². The highest BCUT2D eigenvalue weighted by atomic mass is 35.5. The van der Waals surface area contributed by atoms with Crippen molar-refractivity contribution < 1.29 is 17.2 Å². The van der Waals surface area contributed by atoms with E-state index in [1.807, 2.05) is 0 Å². The van der Waals surface area contributed by atoms with E-state index in [2.05, 4.69) is 4.98 Å². The molecule has 0 unspecified atom stereocenters. The van der Waals surface area contributed by atoms with Crippen LogP contribution in [-0.2, 0) is 10.0 Å². The van der Waals surface area contributed by atoms with Crippen LogP contribution >= 0.6 is 23.2 Å². The third kappa shape index (κ3) is 2.74. The van der Waals surface area contributed by atoms with E-state index in [9.17, 15) is 17.2 Å². The molecule has 0 radical (unpaired) electrons. The number of hydrogen-bond donors (Lipinski definition) is 0. The van der Waals surface area contributed by atoms with Crippen LogP contribution in [0.4, 0.5) is 8.78 Å². The van der Waals surface area contributed by atoms with Gasteiger partial charge in [0.2, 0.25) is 10.0 Å². The number of nitrogens with zero attached hydrogens (tertiary/aromatic N) is 2. The lowest BCUT2D eigenvalue weighted by molar-refractivity contribution is 0.0183. The normalized spacial score (nSPS) is 20.2. The molecule has 1 aliphatic heterocycles. The fourth-order valence-corrected chi connectivity index (χ4v) is 3.75. The van der Waals surface area contributed by atoms with Crippen LogP contribution in [-0.4, -0.2) is 36.7 Å². The molecule has 0 atom stereocenters. The Morgan fingerprint density at radius 2 is 1.83 bits per heavy atom. The lowest BCUT2D eigenvalue weighted by atomic mass is 10.3. The molecule has 0 spiro atoms. The summed E-state index contributed by atoms with van der Waals surface area (Å²) in [6.45, 7) is -1.06. The smallest absolute Gasteiger partial charge is 0.224 e. The highest BCUT2D eigenvalue weighted by Gasteiger charge is 2.43. The molecule has 18 heavy (non-hydrogen) atoms. The molecule has 0 aliphatic carbocycles. The highest BCUT2D eigenvalue weighted by molar-refractivity contribution is 7.89. The van der Waals surface area contributed by atoms with Crippen molar-refractivity contribution >= 4 is 33.2 Å². The van der Waals surface area contributed by atoms with Crippen LogP contribution in [0.3, 0.4) is 0 Å². The lowest BCUT2D eigenvalue weighted by Gasteiger charge is -2.16. The highest BCUT2D eigenvalue weighted by Crippen LogP contribution is 2.32. The largest absolute Gasteiger partial charge is 0.262 e. The summed E-state index contributed by atoms with van der Waals surface area (Å²) >= 11 is 11.2. The third-order valence-electron chi connectivity index (χ3n) is 2.51. The Morgan fingerprint density at radius 1 is 1.28 bits per heavy atom. The first-order valence-corrected chi connectivity index (χ1v) is 7.11. The summed E-state index contributed by atoms with van der Waals surface area (Å²) in [5, 5.41) is -0.209. The average Bonchev–Trinajstić information content (AvgIpc) is 2.58. The van der Waals surface area contributed by atoms with Gasteiger partial charge in [-0.1, -0.05) is 23.2 Å². The summed E-state index contributed by atoms with van der Waals surface area (Å²) in [7, 11) is -4.01. The van der Waals surface area contributed by atoms with E-state index in [0.29, 0.717) is 0 Å². The summed E-state index contributed by atoms with van der Waals surface area (Å²) in [5.41, 5.74) is 0. The second-order valence-electron chi connectivity index (χ2n) is 3.89. The molecule has 1 aromatic rings. The molecule has 2 rings (SSSR count). The molecule has 2 heterocycles. The Morgan fingerprint density at radius 3 is 2.28 bits per heavy atom. The third-order valence-corrected chi connectivity index (χ3v) is 4.72. The predicted molar refractivity (Wildman–Crippen MR) is 62.6 cm³/mol. The molecule has 100 valence electrons. The van der Waals surface area contributed by atoms with Gasteiger partial charge in [0, 0.05) is 13.0 Å². The van der Waals surface area contributed by atoms with Gasteiger partial charge in [0.05, 0.1) is 11.4 Å². The molecule has 9 heteroatoms. The van der Waals surface area contributed by atoms with Gasteiger partial charge >= 0.3 is 0 Å². The maximum absolute atomic E-state index is 13.0. The molecule has 1 aliphatic rings. The molecule has 0 saturated carbocycles. The van der Waals surface area contributed by atoms with Gasteiger partial charge in [-0.25, -0.2) is 22.2 Å². The molecule has 0 aromatic carbocycles. The average molecular weight is 317 g/mol. The summed E-state index contributed by atoms with van der Waals surface area (Å²) in [6.07, 6.45) is -0.487. The fraction of sp³-hybridized carbons (Fsp3) is 0.444. The molecule has 1 aromatic heterocycles. The Labute approximate surface area is 113 Å². The van der Waals surface area contributed by atoms with Gasteiger partial charge in [0.1, 0.15) is 10.3 Å². The van der Waals surface area contributed by atoms with Gasteiger partial charge in [-0.3, -0.25) is 0 Å².